The van der Waals surface area contributed by atoms with E-state index < -0.39 is 74.6 Å². The predicted molar refractivity (Wildman–Crippen MR) is 180 cm³/mol. The summed E-state index contributed by atoms with van der Waals surface area (Å²) in [7, 11) is 1.48. The molecule has 1 N–H and O–H groups in total. The van der Waals surface area contributed by atoms with Gasteiger partial charge in [0.05, 0.1) is 18.1 Å². The van der Waals surface area contributed by atoms with Crippen LogP contribution in [0.3, 0.4) is 0 Å². The number of halogens is 3. The van der Waals surface area contributed by atoms with Crippen LogP contribution < -0.4 is 10.1 Å². The Kier molecular flexibility index (Phi) is 10.6. The summed E-state index contributed by atoms with van der Waals surface area (Å²) in [5.74, 6) is -3.82. The van der Waals surface area contributed by atoms with Crippen LogP contribution in [-0.2, 0) is 16.1 Å². The lowest BCUT2D eigenvalue weighted by Gasteiger charge is -2.56. The molecule has 2 saturated heterocycles. The Bertz CT molecular complexity index is 1810. The van der Waals surface area contributed by atoms with Crippen LogP contribution in [0.2, 0.25) is 0 Å². The minimum absolute atomic E-state index is 0.00158. The Morgan fingerprint density at radius 3 is 2.24 bits per heavy atom. The molecule has 0 radical (unpaired) electrons. The van der Waals surface area contributed by atoms with E-state index in [-0.39, 0.29) is 24.7 Å². The highest BCUT2D eigenvalue weighted by Crippen LogP contribution is 2.49. The van der Waals surface area contributed by atoms with Crippen LogP contribution in [0, 0.1) is 33.0 Å². The van der Waals surface area contributed by atoms with Gasteiger partial charge in [0.1, 0.15) is 40.4 Å². The van der Waals surface area contributed by atoms with Crippen LogP contribution in [0.4, 0.5) is 23.7 Å². The number of rotatable bonds is 10. The highest BCUT2D eigenvalue weighted by molar-refractivity contribution is 6.01. The number of piperidine rings is 2. The fourth-order valence-electron chi connectivity index (χ4n) is 7.18. The van der Waals surface area contributed by atoms with Gasteiger partial charge in [0.25, 0.3) is 11.6 Å². The first kappa shape index (κ1) is 37.1. The molecule has 2 bridgehead atoms. The average Bonchev–Trinajstić information content (AvgIpc) is 3.07. The summed E-state index contributed by atoms with van der Waals surface area (Å²) in [5.41, 5.74) is -2.67. The Hall–Kier alpha value is -5.14. The largest absolute Gasteiger partial charge is 0.497 e. The monoisotopic (exact) mass is 710 g/mol. The van der Waals surface area contributed by atoms with Crippen LogP contribution in [0.5, 0.6) is 5.75 Å². The molecule has 3 aromatic carbocycles. The van der Waals surface area contributed by atoms with E-state index in [1.807, 2.05) is 0 Å². The second kappa shape index (κ2) is 14.6. The molecular weight excluding hydrogens is 669 g/mol. The molecule has 1 saturated carbocycles. The molecule has 1 unspecified atom stereocenters. The minimum Gasteiger partial charge on any atom is -0.497 e. The molecule has 3 amide bonds. The molecule has 14 heteroatoms. The van der Waals surface area contributed by atoms with Gasteiger partial charge in [-0.25, -0.2) is 18.0 Å². The lowest BCUT2D eigenvalue weighted by molar-refractivity contribution is -0.385. The fourth-order valence-corrected chi connectivity index (χ4v) is 7.18. The standard InChI is InChI=1S/C37H41F3N4O7/c1-22(28-12-8-25(39)19-30(28)40)41-33(45)32(37-16-14-26(15-17-37)43(21-37)35(47)51-36(2,3)4)42(20-23-6-10-27(50-5)11-7-23)34(46)29-18-24(38)9-13-31(29)44(48)49/h6-13,18-19,22,26,32H,14-17,20-21H2,1-5H3,(H,41,45)/t22-,26?,32?,37?/m0/s1. The Morgan fingerprint density at radius 2 is 1.65 bits per heavy atom. The number of ether oxygens (including phenoxy) is 2. The second-order valence-electron chi connectivity index (χ2n) is 14.2. The lowest BCUT2D eigenvalue weighted by Crippen LogP contribution is -2.67. The van der Waals surface area contributed by atoms with Crippen molar-refractivity contribution in [1.29, 1.82) is 0 Å². The smallest absolute Gasteiger partial charge is 0.410 e. The number of methoxy groups -OCH3 is 1. The van der Waals surface area contributed by atoms with E-state index in [4.69, 9.17) is 9.47 Å². The van der Waals surface area contributed by atoms with Gasteiger partial charge in [-0.1, -0.05) is 18.2 Å². The first-order chi connectivity index (χ1) is 24.0. The van der Waals surface area contributed by atoms with Gasteiger partial charge in [0, 0.05) is 42.2 Å². The third-order valence-corrected chi connectivity index (χ3v) is 9.59. The van der Waals surface area contributed by atoms with Gasteiger partial charge in [-0.05, 0) is 89.3 Å². The fraction of sp³-hybridized carbons (Fsp3) is 0.432. The number of fused-ring (bicyclic) bond motifs is 3. The van der Waals surface area contributed by atoms with Crippen molar-refractivity contribution in [3.05, 3.63) is 105 Å². The zero-order valence-electron chi connectivity index (χ0n) is 29.1. The Morgan fingerprint density at radius 1 is 1.02 bits per heavy atom. The van der Waals surface area contributed by atoms with Crippen LogP contribution >= 0.6 is 0 Å². The van der Waals surface area contributed by atoms with Crippen molar-refractivity contribution >= 4 is 23.6 Å². The molecule has 51 heavy (non-hydrogen) atoms. The van der Waals surface area contributed by atoms with Crippen molar-refractivity contribution in [3.8, 4) is 5.75 Å². The molecule has 272 valence electrons. The maximum Gasteiger partial charge on any atom is 0.410 e. The number of benzene rings is 3. The topological polar surface area (TPSA) is 131 Å². The lowest BCUT2D eigenvalue weighted by atomic mass is 9.62. The van der Waals surface area contributed by atoms with Gasteiger partial charge in [-0.3, -0.25) is 19.7 Å². The normalized spacial score (nSPS) is 19.5. The van der Waals surface area contributed by atoms with Crippen LogP contribution in [0.1, 0.15) is 80.9 Å². The van der Waals surface area contributed by atoms with E-state index in [1.165, 1.54) is 25.0 Å². The number of nitro groups is 1. The number of hydrogen-bond acceptors (Lipinski definition) is 7. The van der Waals surface area contributed by atoms with E-state index in [0.717, 1.165) is 24.3 Å². The molecule has 3 fully saturated rings. The van der Waals surface area contributed by atoms with Gasteiger partial charge in [-0.15, -0.1) is 0 Å². The maximum atomic E-state index is 14.9. The van der Waals surface area contributed by atoms with E-state index in [1.54, 1.807) is 49.9 Å². The van der Waals surface area contributed by atoms with Gasteiger partial charge in [0.15, 0.2) is 0 Å². The number of nitrogens with one attached hydrogen (secondary N) is 1. The summed E-state index contributed by atoms with van der Waals surface area (Å²) in [6, 6.07) is 9.46. The number of nitro benzene ring substituents is 1. The summed E-state index contributed by atoms with van der Waals surface area (Å²) >= 11 is 0. The summed E-state index contributed by atoms with van der Waals surface area (Å²) < 4.78 is 54.4. The van der Waals surface area contributed by atoms with Gasteiger partial charge >= 0.3 is 6.09 Å². The SMILES string of the molecule is COc1ccc(CN(C(=O)c2cc(F)ccc2[N+](=O)[O-])C(C(=O)N[C@@H](C)c2ccc(F)cc2F)C23CCC(CC2)N(C(=O)OC(C)(C)C)C3)cc1. The molecule has 0 aromatic heterocycles. The number of carbonyl (C=O) groups excluding carboxylic acids is 3. The highest BCUT2D eigenvalue weighted by Gasteiger charge is 2.56. The summed E-state index contributed by atoms with van der Waals surface area (Å²) in [6.07, 6.45) is 1.11. The maximum absolute atomic E-state index is 14.9. The summed E-state index contributed by atoms with van der Waals surface area (Å²) in [5, 5.41) is 14.9. The van der Waals surface area contributed by atoms with Gasteiger partial charge in [0.2, 0.25) is 5.91 Å². The van der Waals surface area contributed by atoms with E-state index in [9.17, 15) is 37.7 Å². The first-order valence-electron chi connectivity index (χ1n) is 16.6. The van der Waals surface area contributed by atoms with Crippen molar-refractivity contribution in [2.24, 2.45) is 5.41 Å². The summed E-state index contributed by atoms with van der Waals surface area (Å²) in [6.45, 7) is 6.44. The molecule has 11 nitrogen and oxygen atoms in total. The first-order valence-corrected chi connectivity index (χ1v) is 16.6. The quantitative estimate of drug-likeness (QED) is 0.176. The van der Waals surface area contributed by atoms with Gasteiger partial charge < -0.3 is 24.6 Å². The zero-order valence-corrected chi connectivity index (χ0v) is 29.1. The van der Waals surface area contributed by atoms with Crippen molar-refractivity contribution < 1.29 is 42.0 Å². The summed E-state index contributed by atoms with van der Waals surface area (Å²) in [4.78, 5) is 57.0. The third kappa shape index (κ3) is 8.10. The van der Waals surface area contributed by atoms with E-state index in [2.05, 4.69) is 5.32 Å². The van der Waals surface area contributed by atoms with E-state index in [0.29, 0.717) is 43.1 Å². The Labute approximate surface area is 293 Å². The molecule has 2 heterocycles. The van der Waals surface area contributed by atoms with Crippen molar-refractivity contribution in [3.63, 3.8) is 0 Å². The van der Waals surface area contributed by atoms with E-state index >= 15 is 0 Å². The third-order valence-electron chi connectivity index (χ3n) is 9.59. The molecule has 3 aromatic rings. The Balaban J connectivity index is 1.66. The van der Waals surface area contributed by atoms with Crippen LogP contribution in [-0.4, -0.2) is 64.0 Å². The molecule has 2 atom stereocenters. The number of hydrogen-bond donors (Lipinski definition) is 1. The molecule has 6 rings (SSSR count). The number of nitrogens with zero attached hydrogens (tertiary/aromatic N) is 3. The molecular formula is C37H41F3N4O7. The van der Waals surface area contributed by atoms with Crippen molar-refractivity contribution in [2.75, 3.05) is 13.7 Å². The van der Waals surface area contributed by atoms with Crippen molar-refractivity contribution in [1.82, 2.24) is 15.1 Å². The minimum atomic E-state index is -1.41. The number of carbonyl (C=O) groups is 3. The average molecular weight is 711 g/mol. The predicted octanol–water partition coefficient (Wildman–Crippen LogP) is 7.09. The second-order valence-corrected chi connectivity index (χ2v) is 14.2. The number of amides is 3. The molecule has 3 aliphatic rings. The van der Waals surface area contributed by atoms with Crippen LogP contribution in [0.15, 0.2) is 60.7 Å². The molecule has 1 aliphatic carbocycles. The van der Waals surface area contributed by atoms with Crippen LogP contribution in [0.25, 0.3) is 0 Å². The zero-order chi connectivity index (χ0) is 37.2. The molecule has 0 spiro atoms. The highest BCUT2D eigenvalue weighted by atomic mass is 19.1. The molecule has 2 aliphatic heterocycles. The van der Waals surface area contributed by atoms with Gasteiger partial charge in [-0.2, -0.15) is 0 Å². The van der Waals surface area contributed by atoms with Crippen molar-refractivity contribution in [2.45, 2.75) is 83.6 Å².